The fourth-order valence-corrected chi connectivity index (χ4v) is 3.82. The molecule has 0 spiro atoms. The van der Waals surface area contributed by atoms with Crippen LogP contribution in [0.2, 0.25) is 0 Å². The van der Waals surface area contributed by atoms with Crippen molar-refractivity contribution in [3.8, 4) is 17.1 Å². The van der Waals surface area contributed by atoms with Gasteiger partial charge in [-0.1, -0.05) is 42.5 Å². The Hall–Kier alpha value is -2.99. The van der Waals surface area contributed by atoms with Crippen LogP contribution in [0.4, 0.5) is 10.8 Å². The summed E-state index contributed by atoms with van der Waals surface area (Å²) in [4.78, 5) is 13.3. The van der Waals surface area contributed by atoms with Crippen LogP contribution >= 0.6 is 11.3 Å². The molecule has 1 saturated carbocycles. The lowest BCUT2D eigenvalue weighted by Crippen LogP contribution is -2.10. The number of ether oxygens (including phenoxy) is 1. The predicted molar refractivity (Wildman–Crippen MR) is 113 cm³/mol. The maximum absolute atomic E-state index is 5.70. The van der Waals surface area contributed by atoms with Gasteiger partial charge in [-0.15, -0.1) is 0 Å². The molecule has 2 aromatic carbocycles. The summed E-state index contributed by atoms with van der Waals surface area (Å²) in [5.41, 5.74) is 4.38. The first kappa shape index (κ1) is 17.1. The maximum Gasteiger partial charge on any atom is 0.316 e. The van der Waals surface area contributed by atoms with Gasteiger partial charge in [-0.25, -0.2) is 15.0 Å². The number of thiazole rings is 1. The number of rotatable bonds is 6. The molecule has 6 heteroatoms. The summed E-state index contributed by atoms with van der Waals surface area (Å²) in [5.74, 6) is 0. The van der Waals surface area contributed by atoms with Gasteiger partial charge in [0.05, 0.1) is 16.8 Å². The second-order valence-electron chi connectivity index (χ2n) is 7.54. The summed E-state index contributed by atoms with van der Waals surface area (Å²) in [6.07, 6.45) is 6.08. The number of nitrogens with zero attached hydrogens (tertiary/aromatic N) is 3. The third-order valence-electron chi connectivity index (χ3n) is 5.04. The van der Waals surface area contributed by atoms with Crippen LogP contribution in [0.15, 0.2) is 60.9 Å². The van der Waals surface area contributed by atoms with Crippen LogP contribution < -0.4 is 10.1 Å². The van der Waals surface area contributed by atoms with Crippen LogP contribution in [0.25, 0.3) is 21.3 Å². The van der Waals surface area contributed by atoms with Gasteiger partial charge in [-0.3, -0.25) is 0 Å². The number of aromatic nitrogens is 3. The Bertz CT molecular complexity index is 1070. The van der Waals surface area contributed by atoms with Crippen molar-refractivity contribution in [2.24, 2.45) is 5.41 Å². The van der Waals surface area contributed by atoms with E-state index in [4.69, 9.17) is 4.74 Å². The van der Waals surface area contributed by atoms with Crippen LogP contribution in [0.1, 0.15) is 19.8 Å². The zero-order valence-electron chi connectivity index (χ0n) is 15.6. The van der Waals surface area contributed by atoms with Crippen molar-refractivity contribution in [1.29, 1.82) is 0 Å². The van der Waals surface area contributed by atoms with Crippen LogP contribution in [0, 0.1) is 5.41 Å². The normalized spacial score (nSPS) is 14.8. The minimum absolute atomic E-state index is 0.328. The first-order valence-electron chi connectivity index (χ1n) is 9.35. The molecule has 1 fully saturated rings. The van der Waals surface area contributed by atoms with Gasteiger partial charge in [0.25, 0.3) is 0 Å². The molecule has 0 aliphatic heterocycles. The summed E-state index contributed by atoms with van der Waals surface area (Å²) >= 11 is 1.65. The standard InChI is InChI=1S/C22H20N4OS/c1-22(10-11-22)14-27-20-23-12-16(13-24-20)15-6-8-17(9-7-15)25-21-26-18-4-2-3-5-19(18)28-21/h2-9,12-13H,10-11,14H2,1H3,(H,25,26). The molecule has 0 saturated heterocycles. The van der Waals surface area contributed by atoms with Crippen molar-refractivity contribution in [3.05, 3.63) is 60.9 Å². The summed E-state index contributed by atoms with van der Waals surface area (Å²) in [6, 6.07) is 16.8. The van der Waals surface area contributed by atoms with Crippen LogP contribution in [-0.4, -0.2) is 21.6 Å². The number of hydrogen-bond donors (Lipinski definition) is 1. The highest BCUT2D eigenvalue weighted by Crippen LogP contribution is 2.44. The fraction of sp³-hybridized carbons (Fsp3) is 0.227. The molecule has 5 rings (SSSR count). The highest BCUT2D eigenvalue weighted by Gasteiger charge is 2.38. The van der Waals surface area contributed by atoms with Gasteiger partial charge in [-0.05, 0) is 42.7 Å². The molecular weight excluding hydrogens is 368 g/mol. The van der Waals surface area contributed by atoms with Crippen molar-refractivity contribution >= 4 is 32.4 Å². The SMILES string of the molecule is CC1(COc2ncc(-c3ccc(Nc4nc5ccccc5s4)cc3)cn2)CC1. The molecular formula is C22H20N4OS. The Labute approximate surface area is 167 Å². The molecule has 2 aromatic heterocycles. The maximum atomic E-state index is 5.70. The molecule has 1 aliphatic carbocycles. The number of hydrogen-bond acceptors (Lipinski definition) is 6. The van der Waals surface area contributed by atoms with Crippen LogP contribution in [0.3, 0.4) is 0 Å². The lowest BCUT2D eigenvalue weighted by atomic mass is 10.1. The summed E-state index contributed by atoms with van der Waals surface area (Å²) in [6.45, 7) is 2.92. The number of benzene rings is 2. The quantitative estimate of drug-likeness (QED) is 0.461. The molecule has 140 valence electrons. The van der Waals surface area contributed by atoms with Gasteiger partial charge in [-0.2, -0.15) is 0 Å². The second-order valence-corrected chi connectivity index (χ2v) is 8.57. The Morgan fingerprint density at radius 3 is 2.46 bits per heavy atom. The van der Waals surface area contributed by atoms with E-state index in [1.165, 1.54) is 17.5 Å². The lowest BCUT2D eigenvalue weighted by Gasteiger charge is -2.09. The molecule has 1 N–H and O–H groups in total. The predicted octanol–water partition coefficient (Wildman–Crippen LogP) is 5.68. The van der Waals surface area contributed by atoms with E-state index in [0.717, 1.165) is 27.5 Å². The third kappa shape index (κ3) is 3.68. The minimum Gasteiger partial charge on any atom is -0.463 e. The summed E-state index contributed by atoms with van der Waals surface area (Å²) in [5, 5.41) is 4.27. The summed E-state index contributed by atoms with van der Waals surface area (Å²) < 4.78 is 6.87. The van der Waals surface area contributed by atoms with Gasteiger partial charge >= 0.3 is 6.01 Å². The van der Waals surface area contributed by atoms with Gasteiger partial charge in [0.1, 0.15) is 0 Å². The molecule has 4 aromatic rings. The topological polar surface area (TPSA) is 59.9 Å². The molecule has 0 unspecified atom stereocenters. The first-order valence-corrected chi connectivity index (χ1v) is 10.2. The highest BCUT2D eigenvalue weighted by molar-refractivity contribution is 7.22. The van der Waals surface area contributed by atoms with Crippen molar-refractivity contribution in [2.75, 3.05) is 11.9 Å². The average Bonchev–Trinajstić information content (AvgIpc) is 3.32. The zero-order valence-corrected chi connectivity index (χ0v) is 16.4. The van der Waals surface area contributed by atoms with E-state index in [2.05, 4.69) is 45.4 Å². The Morgan fingerprint density at radius 1 is 1.00 bits per heavy atom. The first-order chi connectivity index (χ1) is 13.7. The Balaban J connectivity index is 1.26. The van der Waals surface area contributed by atoms with E-state index >= 15 is 0 Å². The van der Waals surface area contributed by atoms with E-state index in [1.807, 2.05) is 42.7 Å². The molecule has 28 heavy (non-hydrogen) atoms. The van der Waals surface area contributed by atoms with E-state index in [0.29, 0.717) is 18.0 Å². The average molecular weight is 388 g/mol. The second kappa shape index (κ2) is 6.87. The van der Waals surface area contributed by atoms with Gasteiger partial charge in [0.2, 0.25) is 0 Å². The van der Waals surface area contributed by atoms with Crippen molar-refractivity contribution in [1.82, 2.24) is 15.0 Å². The van der Waals surface area contributed by atoms with Crippen molar-refractivity contribution in [3.63, 3.8) is 0 Å². The smallest absolute Gasteiger partial charge is 0.316 e. The van der Waals surface area contributed by atoms with E-state index in [1.54, 1.807) is 11.3 Å². The van der Waals surface area contributed by atoms with Crippen LogP contribution in [-0.2, 0) is 0 Å². The van der Waals surface area contributed by atoms with E-state index < -0.39 is 0 Å². The van der Waals surface area contributed by atoms with Crippen molar-refractivity contribution < 1.29 is 4.74 Å². The van der Waals surface area contributed by atoms with E-state index in [-0.39, 0.29) is 0 Å². The monoisotopic (exact) mass is 388 g/mol. The molecule has 1 aliphatic rings. The molecule has 2 heterocycles. The van der Waals surface area contributed by atoms with E-state index in [9.17, 15) is 0 Å². The third-order valence-corrected chi connectivity index (χ3v) is 6.00. The Morgan fingerprint density at radius 2 is 1.75 bits per heavy atom. The molecule has 5 nitrogen and oxygen atoms in total. The van der Waals surface area contributed by atoms with Gasteiger partial charge < -0.3 is 10.1 Å². The highest BCUT2D eigenvalue weighted by atomic mass is 32.1. The Kier molecular flexibility index (Phi) is 4.20. The molecule has 0 radical (unpaired) electrons. The number of fused-ring (bicyclic) bond motifs is 1. The van der Waals surface area contributed by atoms with Crippen molar-refractivity contribution in [2.45, 2.75) is 19.8 Å². The summed E-state index contributed by atoms with van der Waals surface area (Å²) in [7, 11) is 0. The minimum atomic E-state index is 0.328. The largest absolute Gasteiger partial charge is 0.463 e. The molecule has 0 bridgehead atoms. The van der Waals surface area contributed by atoms with Crippen LogP contribution in [0.5, 0.6) is 6.01 Å². The zero-order chi connectivity index (χ0) is 19.0. The fourth-order valence-electron chi connectivity index (χ4n) is 2.93. The number of para-hydroxylation sites is 1. The lowest BCUT2D eigenvalue weighted by molar-refractivity contribution is 0.229. The molecule has 0 amide bonds. The van der Waals surface area contributed by atoms with Gasteiger partial charge in [0, 0.05) is 29.1 Å². The molecule has 0 atom stereocenters. The van der Waals surface area contributed by atoms with Gasteiger partial charge in [0.15, 0.2) is 5.13 Å². The number of nitrogens with one attached hydrogen (secondary N) is 1. The number of anilines is 2.